The number of hydrogen-bond donors (Lipinski definition) is 0. The van der Waals surface area contributed by atoms with Gasteiger partial charge in [0.25, 0.3) is 0 Å². The Bertz CT molecular complexity index is 2230. The number of benzene rings is 5. The Kier molecular flexibility index (Phi) is 5.58. The Morgan fingerprint density at radius 3 is 2.18 bits per heavy atom. The van der Waals surface area contributed by atoms with Crippen LogP contribution in [0.2, 0.25) is 0 Å². The lowest BCUT2D eigenvalue weighted by Crippen LogP contribution is -2.28. The molecule has 0 radical (unpaired) electrons. The van der Waals surface area contributed by atoms with E-state index in [1.165, 1.54) is 72.0 Å². The van der Waals surface area contributed by atoms with E-state index < -0.39 is 5.41 Å². The number of para-hydroxylation sites is 1. The van der Waals surface area contributed by atoms with Gasteiger partial charge < -0.3 is 4.57 Å². The fourth-order valence-electron chi connectivity index (χ4n) is 7.72. The van der Waals surface area contributed by atoms with Crippen LogP contribution >= 0.6 is 0 Å². The van der Waals surface area contributed by atoms with Crippen LogP contribution in [0.4, 0.5) is 0 Å². The van der Waals surface area contributed by atoms with E-state index in [2.05, 4.69) is 155 Å². The van der Waals surface area contributed by atoms with Crippen molar-refractivity contribution in [2.24, 2.45) is 0 Å². The van der Waals surface area contributed by atoms with Crippen molar-refractivity contribution in [2.75, 3.05) is 0 Å². The topological polar surface area (TPSA) is 17.8 Å². The Morgan fingerprint density at radius 2 is 1.32 bits per heavy atom. The first-order valence-electron chi connectivity index (χ1n) is 15.4. The number of hydrogen-bond acceptors (Lipinski definition) is 1. The average molecular weight is 563 g/mol. The van der Waals surface area contributed by atoms with Crippen LogP contribution in [0.5, 0.6) is 0 Å². The highest BCUT2D eigenvalue weighted by Gasteiger charge is 2.46. The monoisotopic (exact) mass is 562 g/mol. The molecule has 0 aliphatic heterocycles. The first kappa shape index (κ1) is 25.1. The fourth-order valence-corrected chi connectivity index (χ4v) is 7.72. The molecule has 2 aliphatic rings. The van der Waals surface area contributed by atoms with Gasteiger partial charge in [-0.1, -0.05) is 115 Å². The van der Waals surface area contributed by atoms with Crippen LogP contribution in [0, 0.1) is 0 Å². The summed E-state index contributed by atoms with van der Waals surface area (Å²) in [6.07, 6.45) is 13.0. The van der Waals surface area contributed by atoms with Crippen molar-refractivity contribution in [3.05, 3.63) is 180 Å². The maximum Gasteiger partial charge on any atom is 0.0728 e. The molecule has 5 aromatic carbocycles. The van der Waals surface area contributed by atoms with Gasteiger partial charge in [-0.3, -0.25) is 4.98 Å². The largest absolute Gasteiger partial charge is 0.310 e. The summed E-state index contributed by atoms with van der Waals surface area (Å²) in [5.74, 6) is 0. The molecule has 1 unspecified atom stereocenters. The van der Waals surface area contributed by atoms with E-state index in [9.17, 15) is 0 Å². The number of nitrogens with zero attached hydrogens (tertiary/aromatic N) is 2. The third kappa shape index (κ3) is 3.52. The van der Waals surface area contributed by atoms with E-state index >= 15 is 0 Å². The zero-order valence-corrected chi connectivity index (χ0v) is 24.3. The van der Waals surface area contributed by atoms with Crippen molar-refractivity contribution in [2.45, 2.75) is 18.3 Å². The standard InChI is InChI=1S/C42H30N2/c1-3-12-31(13-4-1)42(32-14-11-25-43-28-32)38-19-9-7-17-34(38)37-26-29(22-24-39(37)42)30-21-23-36-35-18-8-10-20-40(35)44(41(36)27-30)33-15-5-2-6-16-33/h1,3-5,7-28H,2,6H2. The molecule has 44 heavy (non-hydrogen) atoms. The van der Waals surface area contributed by atoms with Gasteiger partial charge in [0.15, 0.2) is 0 Å². The molecule has 0 amide bonds. The Labute approximate surface area is 257 Å². The smallest absolute Gasteiger partial charge is 0.0728 e. The Morgan fingerprint density at radius 1 is 0.568 bits per heavy atom. The van der Waals surface area contributed by atoms with Gasteiger partial charge in [0.05, 0.1) is 16.4 Å². The van der Waals surface area contributed by atoms with Crippen molar-refractivity contribution in [3.8, 4) is 22.3 Å². The second-order valence-electron chi connectivity index (χ2n) is 11.9. The number of fused-ring (bicyclic) bond motifs is 6. The molecule has 0 bridgehead atoms. The van der Waals surface area contributed by atoms with Gasteiger partial charge >= 0.3 is 0 Å². The third-order valence-corrected chi connectivity index (χ3v) is 9.59. The van der Waals surface area contributed by atoms with Gasteiger partial charge in [-0.05, 0) is 87.7 Å². The summed E-state index contributed by atoms with van der Waals surface area (Å²) in [6, 6.07) is 46.9. The van der Waals surface area contributed by atoms with Crippen molar-refractivity contribution in [1.29, 1.82) is 0 Å². The van der Waals surface area contributed by atoms with E-state index in [0.717, 1.165) is 12.8 Å². The maximum absolute atomic E-state index is 4.59. The molecule has 2 nitrogen and oxygen atoms in total. The van der Waals surface area contributed by atoms with Crippen LogP contribution in [-0.4, -0.2) is 9.55 Å². The van der Waals surface area contributed by atoms with Crippen LogP contribution in [-0.2, 0) is 5.41 Å². The summed E-state index contributed by atoms with van der Waals surface area (Å²) >= 11 is 0. The van der Waals surface area contributed by atoms with Crippen LogP contribution in [0.3, 0.4) is 0 Å². The van der Waals surface area contributed by atoms with Gasteiger partial charge in [-0.25, -0.2) is 0 Å². The minimum absolute atomic E-state index is 0.434. The predicted octanol–water partition coefficient (Wildman–Crippen LogP) is 10.4. The summed E-state index contributed by atoms with van der Waals surface area (Å²) in [4.78, 5) is 4.59. The fraction of sp³-hybridized carbons (Fsp3) is 0.0714. The number of rotatable bonds is 4. The van der Waals surface area contributed by atoms with Crippen molar-refractivity contribution >= 4 is 27.5 Å². The molecule has 2 heteroatoms. The second-order valence-corrected chi connectivity index (χ2v) is 11.9. The summed E-state index contributed by atoms with van der Waals surface area (Å²) in [6.45, 7) is 0. The average Bonchev–Trinajstić information content (AvgIpc) is 3.59. The van der Waals surface area contributed by atoms with Crippen molar-refractivity contribution in [1.82, 2.24) is 9.55 Å². The highest BCUT2D eigenvalue weighted by Crippen LogP contribution is 2.56. The van der Waals surface area contributed by atoms with Crippen LogP contribution in [0.1, 0.15) is 35.1 Å². The molecule has 2 aliphatic carbocycles. The molecule has 0 saturated carbocycles. The van der Waals surface area contributed by atoms with Gasteiger partial charge in [0.2, 0.25) is 0 Å². The van der Waals surface area contributed by atoms with E-state index in [1.807, 2.05) is 12.4 Å². The maximum atomic E-state index is 4.59. The quantitative estimate of drug-likeness (QED) is 0.209. The molecular weight excluding hydrogens is 532 g/mol. The van der Waals surface area contributed by atoms with Crippen molar-refractivity contribution in [3.63, 3.8) is 0 Å². The molecule has 0 spiro atoms. The predicted molar refractivity (Wildman–Crippen MR) is 183 cm³/mol. The van der Waals surface area contributed by atoms with Gasteiger partial charge in [-0.15, -0.1) is 0 Å². The molecule has 2 heterocycles. The molecule has 208 valence electrons. The number of pyridine rings is 1. The van der Waals surface area contributed by atoms with Gasteiger partial charge in [0.1, 0.15) is 0 Å². The highest BCUT2D eigenvalue weighted by atomic mass is 15.0. The van der Waals surface area contributed by atoms with Crippen molar-refractivity contribution < 1.29 is 0 Å². The number of aromatic nitrogens is 2. The van der Waals surface area contributed by atoms with Gasteiger partial charge in [-0.2, -0.15) is 0 Å². The molecule has 7 aromatic rings. The number of allylic oxidation sites excluding steroid dienone is 4. The second kappa shape index (κ2) is 9.79. The normalized spacial score (nSPS) is 17.0. The Hall–Kier alpha value is -5.47. The zero-order valence-electron chi connectivity index (χ0n) is 24.3. The lowest BCUT2D eigenvalue weighted by atomic mass is 9.68. The third-order valence-electron chi connectivity index (χ3n) is 9.59. The molecule has 1 atom stereocenters. The molecule has 9 rings (SSSR count). The minimum atomic E-state index is -0.434. The Balaban J connectivity index is 1.29. The highest BCUT2D eigenvalue weighted by molar-refractivity contribution is 6.11. The van der Waals surface area contributed by atoms with Gasteiger partial charge in [0, 0.05) is 28.9 Å². The summed E-state index contributed by atoms with van der Waals surface area (Å²) in [7, 11) is 0. The lowest BCUT2D eigenvalue weighted by molar-refractivity contribution is 0.763. The van der Waals surface area contributed by atoms with E-state index in [1.54, 1.807) is 0 Å². The van der Waals surface area contributed by atoms with E-state index in [0.29, 0.717) is 0 Å². The van der Waals surface area contributed by atoms with E-state index in [4.69, 9.17) is 0 Å². The molecule has 0 N–H and O–H groups in total. The minimum Gasteiger partial charge on any atom is -0.310 e. The summed E-state index contributed by atoms with van der Waals surface area (Å²) < 4.78 is 2.44. The molecule has 0 saturated heterocycles. The van der Waals surface area contributed by atoms with Crippen LogP contribution < -0.4 is 0 Å². The van der Waals surface area contributed by atoms with Crippen LogP contribution in [0.15, 0.2) is 158 Å². The summed E-state index contributed by atoms with van der Waals surface area (Å²) in [5, 5.41) is 2.58. The molecule has 2 aromatic heterocycles. The first-order chi connectivity index (χ1) is 21.8. The zero-order chi connectivity index (χ0) is 29.1. The first-order valence-corrected chi connectivity index (χ1v) is 15.4. The van der Waals surface area contributed by atoms with Crippen LogP contribution in [0.25, 0.3) is 49.8 Å². The SMILES string of the molecule is C1=CC(n2c3ccccc3c3ccc(-c4ccc5c(c4)-c4ccccc4C5(c4ccccc4)c4cccnc4)cc32)=CCC1. The van der Waals surface area contributed by atoms with E-state index in [-0.39, 0.29) is 0 Å². The molecule has 0 fully saturated rings. The summed E-state index contributed by atoms with van der Waals surface area (Å²) in [5.41, 5.74) is 13.4. The lowest BCUT2D eigenvalue weighted by Gasteiger charge is -2.33. The molecular formula is C42H30N2.